The molecule has 0 radical (unpaired) electrons. The number of rotatable bonds is 4. The number of thiol groups is 1. The van der Waals surface area contributed by atoms with Crippen LogP contribution in [0.15, 0.2) is 41.9 Å². The summed E-state index contributed by atoms with van der Waals surface area (Å²) in [7, 11) is 0. The van der Waals surface area contributed by atoms with Crippen molar-refractivity contribution in [2.24, 2.45) is 0 Å². The second-order valence-electron chi connectivity index (χ2n) is 5.12. The van der Waals surface area contributed by atoms with Crippen LogP contribution in [-0.2, 0) is 0 Å². The molecule has 0 bridgehead atoms. The van der Waals surface area contributed by atoms with E-state index in [1.807, 2.05) is 24.3 Å². The quantitative estimate of drug-likeness (QED) is 0.746. The first kappa shape index (κ1) is 13.0. The molecule has 1 aliphatic carbocycles. The first-order chi connectivity index (χ1) is 10.3. The molecule has 3 aromatic rings. The van der Waals surface area contributed by atoms with E-state index in [9.17, 15) is 0 Å². The van der Waals surface area contributed by atoms with Crippen molar-refractivity contribution in [1.29, 1.82) is 0 Å². The van der Waals surface area contributed by atoms with Gasteiger partial charge in [0, 0.05) is 12.2 Å². The third kappa shape index (κ3) is 2.38. The molecule has 1 fully saturated rings. The number of pyridine rings is 1. The summed E-state index contributed by atoms with van der Waals surface area (Å²) in [6.45, 7) is 0. The zero-order chi connectivity index (χ0) is 14.2. The smallest absolute Gasteiger partial charge is 0.174 e. The molecule has 4 rings (SSSR count). The topological polar surface area (TPSA) is 43.6 Å². The maximum absolute atomic E-state index is 4.73. The second kappa shape index (κ2) is 5.27. The Morgan fingerprint density at radius 3 is 2.76 bits per heavy atom. The third-order valence-corrected chi connectivity index (χ3v) is 4.95. The lowest BCUT2D eigenvalue weighted by atomic mass is 10.2. The minimum atomic E-state index is -0.145. The van der Waals surface area contributed by atoms with E-state index < -0.39 is 0 Å². The van der Waals surface area contributed by atoms with Gasteiger partial charge < -0.3 is 4.57 Å². The van der Waals surface area contributed by atoms with Crippen LogP contribution < -0.4 is 0 Å². The van der Waals surface area contributed by atoms with Gasteiger partial charge in [-0.1, -0.05) is 12.1 Å². The number of hydrogen-bond donors (Lipinski definition) is 1. The largest absolute Gasteiger partial charge is 0.306 e. The molecule has 3 heterocycles. The normalized spacial score (nSPS) is 16.0. The molecule has 0 amide bonds. The standard InChI is InChI=1S/C15H14N4S2/c20-13(11-4-1-2-8-16-11)15-18-17-14(12-5-3-9-21-12)19(15)10-6-7-10/h1-5,8-10,13,20H,6-7H2. The minimum Gasteiger partial charge on any atom is -0.306 e. The van der Waals surface area contributed by atoms with Gasteiger partial charge in [-0.3, -0.25) is 4.98 Å². The number of hydrogen-bond acceptors (Lipinski definition) is 5. The maximum Gasteiger partial charge on any atom is 0.174 e. The molecule has 0 saturated heterocycles. The summed E-state index contributed by atoms with van der Waals surface area (Å²) >= 11 is 6.42. The molecule has 1 saturated carbocycles. The Bertz CT molecular complexity index is 732. The van der Waals surface area contributed by atoms with Crippen LogP contribution in [0.3, 0.4) is 0 Å². The molecule has 0 N–H and O–H groups in total. The van der Waals surface area contributed by atoms with Crippen LogP contribution in [0, 0.1) is 0 Å². The molecular formula is C15H14N4S2. The summed E-state index contributed by atoms with van der Waals surface area (Å²) in [5, 5.41) is 10.7. The van der Waals surface area contributed by atoms with Gasteiger partial charge in [0.1, 0.15) is 5.25 Å². The van der Waals surface area contributed by atoms with Crippen molar-refractivity contribution in [2.75, 3.05) is 0 Å². The first-order valence-electron chi connectivity index (χ1n) is 6.92. The van der Waals surface area contributed by atoms with Crippen molar-refractivity contribution in [3.05, 3.63) is 53.4 Å². The summed E-state index contributed by atoms with van der Waals surface area (Å²) < 4.78 is 2.25. The van der Waals surface area contributed by atoms with Gasteiger partial charge in [0.15, 0.2) is 11.6 Å². The van der Waals surface area contributed by atoms with Gasteiger partial charge in [-0.15, -0.1) is 21.5 Å². The van der Waals surface area contributed by atoms with Crippen molar-refractivity contribution in [2.45, 2.75) is 24.1 Å². The summed E-state index contributed by atoms with van der Waals surface area (Å²) in [6, 6.07) is 10.5. The Balaban J connectivity index is 1.79. The van der Waals surface area contributed by atoms with Crippen LogP contribution in [0.1, 0.15) is 35.7 Å². The van der Waals surface area contributed by atoms with Gasteiger partial charge in [-0.25, -0.2) is 0 Å². The van der Waals surface area contributed by atoms with E-state index in [0.29, 0.717) is 6.04 Å². The average Bonchev–Trinajstić information content (AvgIpc) is 3.04. The highest BCUT2D eigenvalue weighted by Crippen LogP contribution is 2.42. The lowest BCUT2D eigenvalue weighted by molar-refractivity contribution is 0.694. The fourth-order valence-electron chi connectivity index (χ4n) is 2.43. The molecule has 0 spiro atoms. The predicted octanol–water partition coefficient (Wildman–Crippen LogP) is 3.76. The Morgan fingerprint density at radius 2 is 2.10 bits per heavy atom. The SMILES string of the molecule is SC(c1ccccn1)c1nnc(-c2cccs2)n1C1CC1. The van der Waals surface area contributed by atoms with E-state index in [1.165, 1.54) is 12.8 Å². The Kier molecular flexibility index (Phi) is 3.27. The molecule has 0 aliphatic heterocycles. The molecule has 1 unspecified atom stereocenters. The fraction of sp³-hybridized carbons (Fsp3) is 0.267. The van der Waals surface area contributed by atoms with Crippen molar-refractivity contribution >= 4 is 24.0 Å². The number of aromatic nitrogens is 4. The van der Waals surface area contributed by atoms with Crippen LogP contribution in [0.25, 0.3) is 10.7 Å². The lowest BCUT2D eigenvalue weighted by Crippen LogP contribution is -2.07. The third-order valence-electron chi connectivity index (χ3n) is 3.59. The molecule has 21 heavy (non-hydrogen) atoms. The van der Waals surface area contributed by atoms with Gasteiger partial charge in [-0.05, 0) is 36.4 Å². The predicted molar refractivity (Wildman–Crippen MR) is 86.7 cm³/mol. The van der Waals surface area contributed by atoms with Crippen molar-refractivity contribution in [3.63, 3.8) is 0 Å². The Hall–Kier alpha value is -1.66. The van der Waals surface area contributed by atoms with Crippen LogP contribution >= 0.6 is 24.0 Å². The maximum atomic E-state index is 4.73. The highest BCUT2D eigenvalue weighted by molar-refractivity contribution is 7.80. The van der Waals surface area contributed by atoms with Crippen molar-refractivity contribution in [1.82, 2.24) is 19.7 Å². The molecule has 6 heteroatoms. The van der Waals surface area contributed by atoms with Gasteiger partial charge >= 0.3 is 0 Å². The van der Waals surface area contributed by atoms with Crippen LogP contribution in [-0.4, -0.2) is 19.7 Å². The first-order valence-corrected chi connectivity index (χ1v) is 8.32. The van der Waals surface area contributed by atoms with E-state index >= 15 is 0 Å². The highest BCUT2D eigenvalue weighted by atomic mass is 32.1. The highest BCUT2D eigenvalue weighted by Gasteiger charge is 2.32. The van der Waals surface area contributed by atoms with Gasteiger partial charge in [-0.2, -0.15) is 12.6 Å². The summed E-state index contributed by atoms with van der Waals surface area (Å²) in [6.07, 6.45) is 4.16. The number of thiophene rings is 1. The van der Waals surface area contributed by atoms with E-state index in [-0.39, 0.29) is 5.25 Å². The van der Waals surface area contributed by atoms with Crippen LogP contribution in [0.4, 0.5) is 0 Å². The van der Waals surface area contributed by atoms with Crippen molar-refractivity contribution in [3.8, 4) is 10.7 Å². The van der Waals surface area contributed by atoms with E-state index in [0.717, 1.165) is 22.2 Å². The average molecular weight is 314 g/mol. The molecule has 0 aromatic carbocycles. The lowest BCUT2D eigenvalue weighted by Gasteiger charge is -2.13. The monoisotopic (exact) mass is 314 g/mol. The van der Waals surface area contributed by atoms with Crippen LogP contribution in [0.5, 0.6) is 0 Å². The van der Waals surface area contributed by atoms with Crippen molar-refractivity contribution < 1.29 is 0 Å². The van der Waals surface area contributed by atoms with E-state index in [4.69, 9.17) is 12.6 Å². The van der Waals surface area contributed by atoms with Gasteiger partial charge in [0.05, 0.1) is 10.6 Å². The fourth-order valence-corrected chi connectivity index (χ4v) is 3.46. The molecule has 1 aliphatic rings. The summed E-state index contributed by atoms with van der Waals surface area (Å²) in [5.74, 6) is 1.85. The molecule has 1 atom stereocenters. The Morgan fingerprint density at radius 1 is 1.19 bits per heavy atom. The minimum absolute atomic E-state index is 0.145. The van der Waals surface area contributed by atoms with Gasteiger partial charge in [0.25, 0.3) is 0 Å². The zero-order valence-electron chi connectivity index (χ0n) is 11.3. The second-order valence-corrected chi connectivity index (χ2v) is 6.58. The molecular weight excluding hydrogens is 300 g/mol. The number of nitrogens with zero attached hydrogens (tertiary/aromatic N) is 4. The molecule has 4 nitrogen and oxygen atoms in total. The van der Waals surface area contributed by atoms with E-state index in [2.05, 4.69) is 31.2 Å². The van der Waals surface area contributed by atoms with Crippen LogP contribution in [0.2, 0.25) is 0 Å². The summed E-state index contributed by atoms with van der Waals surface area (Å²) in [5.41, 5.74) is 0.910. The van der Waals surface area contributed by atoms with E-state index in [1.54, 1.807) is 17.5 Å². The molecule has 3 aromatic heterocycles. The Labute approximate surface area is 132 Å². The molecule has 106 valence electrons. The zero-order valence-corrected chi connectivity index (χ0v) is 13.0. The van der Waals surface area contributed by atoms with Gasteiger partial charge in [0.2, 0.25) is 0 Å². The summed E-state index contributed by atoms with van der Waals surface area (Å²) in [4.78, 5) is 5.55.